The average molecular weight is 305 g/mol. The van der Waals surface area contributed by atoms with Gasteiger partial charge in [-0.05, 0) is 28.8 Å². The van der Waals surface area contributed by atoms with E-state index in [4.69, 9.17) is 4.74 Å². The van der Waals surface area contributed by atoms with E-state index < -0.39 is 0 Å². The average Bonchev–Trinajstić information content (AvgIpc) is 2.86. The topological polar surface area (TPSA) is 58.2 Å². The lowest BCUT2D eigenvalue weighted by atomic mass is 10.0. The Morgan fingerprint density at radius 3 is 3.29 bits per heavy atom. The summed E-state index contributed by atoms with van der Waals surface area (Å²) in [5.41, 5.74) is 2.10. The van der Waals surface area contributed by atoms with Crippen LogP contribution >= 0.6 is 11.3 Å². The van der Waals surface area contributed by atoms with Crippen LogP contribution in [0.5, 0.6) is 0 Å². The fourth-order valence-corrected chi connectivity index (χ4v) is 3.34. The first-order valence-electron chi connectivity index (χ1n) is 7.14. The van der Waals surface area contributed by atoms with Gasteiger partial charge < -0.3 is 9.72 Å². The van der Waals surface area contributed by atoms with Crippen LogP contribution in [-0.4, -0.2) is 41.2 Å². The third kappa shape index (κ3) is 4.23. The zero-order chi connectivity index (χ0) is 14.5. The highest BCUT2D eigenvalue weighted by atomic mass is 32.1. The molecule has 0 unspecified atom stereocenters. The predicted molar refractivity (Wildman–Crippen MR) is 82.5 cm³/mol. The fraction of sp³-hybridized carbons (Fsp3) is 0.467. The molecule has 0 aromatic carbocycles. The number of nitrogens with one attached hydrogen (secondary N) is 1. The van der Waals surface area contributed by atoms with E-state index in [1.165, 1.54) is 11.9 Å². The number of ether oxygens (including phenoxy) is 1. The quantitative estimate of drug-likeness (QED) is 0.930. The van der Waals surface area contributed by atoms with Crippen molar-refractivity contribution >= 4 is 11.3 Å². The second-order valence-electron chi connectivity index (χ2n) is 5.41. The summed E-state index contributed by atoms with van der Waals surface area (Å²) in [5.74, 6) is 0.375. The van der Waals surface area contributed by atoms with Gasteiger partial charge in [0.25, 0.3) is 5.56 Å². The summed E-state index contributed by atoms with van der Waals surface area (Å²) in [5, 5.41) is 4.31. The number of aromatic amines is 1. The summed E-state index contributed by atoms with van der Waals surface area (Å²) in [6.45, 7) is 4.39. The molecule has 6 heteroatoms. The molecule has 2 aromatic rings. The zero-order valence-electron chi connectivity index (χ0n) is 11.8. The van der Waals surface area contributed by atoms with Crippen LogP contribution in [0.1, 0.15) is 11.3 Å². The van der Waals surface area contributed by atoms with Crippen LogP contribution in [0, 0.1) is 5.92 Å². The van der Waals surface area contributed by atoms with Crippen LogP contribution in [0.15, 0.2) is 34.0 Å². The fourth-order valence-electron chi connectivity index (χ4n) is 2.68. The molecule has 0 bridgehead atoms. The van der Waals surface area contributed by atoms with Crippen LogP contribution in [0.4, 0.5) is 0 Å². The first-order valence-corrected chi connectivity index (χ1v) is 8.08. The molecule has 112 valence electrons. The van der Waals surface area contributed by atoms with Crippen molar-refractivity contribution in [1.82, 2.24) is 14.9 Å². The Bertz CT molecular complexity index is 611. The van der Waals surface area contributed by atoms with E-state index in [-0.39, 0.29) is 5.56 Å². The van der Waals surface area contributed by atoms with Gasteiger partial charge in [-0.2, -0.15) is 11.3 Å². The van der Waals surface area contributed by atoms with Gasteiger partial charge in [0, 0.05) is 37.3 Å². The van der Waals surface area contributed by atoms with Crippen LogP contribution in [0.25, 0.3) is 0 Å². The maximum atomic E-state index is 11.3. The Hall–Kier alpha value is -1.50. The standard InChI is InChI=1S/C15H19N3O2S/c19-15-6-14(16-11-17-15)5-13-8-18(2-3-20-9-13)7-12-1-4-21-10-12/h1,4,6,10-11,13H,2-3,5,7-9H2,(H,16,17,19)/t13-/m0/s1. The van der Waals surface area contributed by atoms with Crippen LogP contribution in [-0.2, 0) is 17.7 Å². The van der Waals surface area contributed by atoms with E-state index in [2.05, 4.69) is 31.7 Å². The first kappa shape index (κ1) is 14.4. The minimum absolute atomic E-state index is 0.0929. The minimum Gasteiger partial charge on any atom is -0.380 e. The summed E-state index contributed by atoms with van der Waals surface area (Å²) < 4.78 is 5.71. The second-order valence-corrected chi connectivity index (χ2v) is 6.19. The molecule has 0 spiro atoms. The SMILES string of the molecule is O=c1cc(C[C@@H]2COCCN(Cc3ccsc3)C2)nc[nH]1. The lowest BCUT2D eigenvalue weighted by Gasteiger charge is -2.22. The van der Waals surface area contributed by atoms with Crippen molar-refractivity contribution < 1.29 is 4.74 Å². The molecule has 0 radical (unpaired) electrons. The first-order chi connectivity index (χ1) is 10.3. The highest BCUT2D eigenvalue weighted by Crippen LogP contribution is 2.15. The second kappa shape index (κ2) is 6.98. The van der Waals surface area contributed by atoms with Crippen molar-refractivity contribution in [1.29, 1.82) is 0 Å². The van der Waals surface area contributed by atoms with Gasteiger partial charge in [-0.1, -0.05) is 0 Å². The Morgan fingerprint density at radius 2 is 2.48 bits per heavy atom. The molecule has 1 fully saturated rings. The van der Waals surface area contributed by atoms with Crippen molar-refractivity contribution in [3.8, 4) is 0 Å². The van der Waals surface area contributed by atoms with Crippen molar-refractivity contribution in [2.24, 2.45) is 5.92 Å². The van der Waals surface area contributed by atoms with Crippen LogP contribution in [0.3, 0.4) is 0 Å². The van der Waals surface area contributed by atoms with Gasteiger partial charge in [-0.15, -0.1) is 0 Å². The van der Waals surface area contributed by atoms with Gasteiger partial charge in [0.1, 0.15) is 0 Å². The number of nitrogens with zero attached hydrogens (tertiary/aromatic N) is 2. The van der Waals surface area contributed by atoms with E-state index in [1.54, 1.807) is 17.4 Å². The molecule has 0 aliphatic carbocycles. The van der Waals surface area contributed by atoms with Gasteiger partial charge in [-0.3, -0.25) is 9.69 Å². The largest absolute Gasteiger partial charge is 0.380 e. The molecule has 1 aliphatic heterocycles. The summed E-state index contributed by atoms with van der Waals surface area (Å²) in [6, 6.07) is 3.75. The third-order valence-electron chi connectivity index (χ3n) is 3.64. The Labute approximate surface area is 127 Å². The van der Waals surface area contributed by atoms with Crippen molar-refractivity contribution in [3.05, 3.63) is 50.8 Å². The minimum atomic E-state index is -0.0929. The molecule has 1 aliphatic rings. The highest BCUT2D eigenvalue weighted by Gasteiger charge is 2.19. The number of H-pyrrole nitrogens is 1. The number of thiophene rings is 1. The molecule has 3 heterocycles. The lowest BCUT2D eigenvalue weighted by molar-refractivity contribution is 0.121. The molecule has 5 nitrogen and oxygen atoms in total. The van der Waals surface area contributed by atoms with Gasteiger partial charge >= 0.3 is 0 Å². The molecule has 1 atom stereocenters. The summed E-state index contributed by atoms with van der Waals surface area (Å²) in [4.78, 5) is 20.6. The van der Waals surface area contributed by atoms with Crippen molar-refractivity contribution in [2.45, 2.75) is 13.0 Å². The summed E-state index contributed by atoms with van der Waals surface area (Å²) >= 11 is 1.73. The Kier molecular flexibility index (Phi) is 4.80. The van der Waals surface area contributed by atoms with E-state index in [1.807, 2.05) is 0 Å². The summed E-state index contributed by atoms with van der Waals surface area (Å²) in [6.07, 6.45) is 2.25. The van der Waals surface area contributed by atoms with E-state index in [9.17, 15) is 4.79 Å². The predicted octanol–water partition coefficient (Wildman–Crippen LogP) is 1.52. The zero-order valence-corrected chi connectivity index (χ0v) is 12.6. The van der Waals surface area contributed by atoms with Crippen LogP contribution in [0.2, 0.25) is 0 Å². The molecule has 1 N–H and O–H groups in total. The van der Waals surface area contributed by atoms with E-state index in [0.717, 1.165) is 45.0 Å². The lowest BCUT2D eigenvalue weighted by Crippen LogP contribution is -2.30. The van der Waals surface area contributed by atoms with E-state index in [0.29, 0.717) is 5.92 Å². The Morgan fingerprint density at radius 1 is 1.52 bits per heavy atom. The number of rotatable bonds is 4. The smallest absolute Gasteiger partial charge is 0.250 e. The van der Waals surface area contributed by atoms with Gasteiger partial charge in [0.15, 0.2) is 0 Å². The molecule has 0 saturated carbocycles. The van der Waals surface area contributed by atoms with Gasteiger partial charge in [-0.25, -0.2) is 4.98 Å². The maximum absolute atomic E-state index is 11.3. The van der Waals surface area contributed by atoms with Crippen LogP contribution < -0.4 is 5.56 Å². The molecular formula is C15H19N3O2S. The molecule has 1 saturated heterocycles. The highest BCUT2D eigenvalue weighted by molar-refractivity contribution is 7.07. The maximum Gasteiger partial charge on any atom is 0.250 e. The molecule has 3 rings (SSSR count). The third-order valence-corrected chi connectivity index (χ3v) is 4.37. The number of hydrogen-bond donors (Lipinski definition) is 1. The molecule has 21 heavy (non-hydrogen) atoms. The summed E-state index contributed by atoms with van der Waals surface area (Å²) in [7, 11) is 0. The molecular weight excluding hydrogens is 286 g/mol. The van der Waals surface area contributed by atoms with Gasteiger partial charge in [0.2, 0.25) is 0 Å². The van der Waals surface area contributed by atoms with E-state index >= 15 is 0 Å². The Balaban J connectivity index is 1.63. The normalized spacial score (nSPS) is 20.3. The van der Waals surface area contributed by atoms with Crippen molar-refractivity contribution in [3.63, 3.8) is 0 Å². The molecule has 0 amide bonds. The number of aromatic nitrogens is 2. The monoisotopic (exact) mass is 305 g/mol. The van der Waals surface area contributed by atoms with Crippen molar-refractivity contribution in [2.75, 3.05) is 26.3 Å². The molecule has 2 aromatic heterocycles. The van der Waals surface area contributed by atoms with Gasteiger partial charge in [0.05, 0.1) is 19.5 Å². The number of hydrogen-bond acceptors (Lipinski definition) is 5.